The van der Waals surface area contributed by atoms with Crippen LogP contribution in [0, 0.1) is 0 Å². The highest BCUT2D eigenvalue weighted by Gasteiger charge is 2.17. The van der Waals surface area contributed by atoms with Gasteiger partial charge < -0.3 is 10.2 Å². The van der Waals surface area contributed by atoms with Crippen molar-refractivity contribution in [2.24, 2.45) is 0 Å². The number of nitrogens with zero attached hydrogens (tertiary/aromatic N) is 1. The molecule has 0 spiro atoms. The number of thioether (sulfide) groups is 1. The zero-order chi connectivity index (χ0) is 13.5. The molecule has 1 fully saturated rings. The van der Waals surface area contributed by atoms with E-state index in [2.05, 4.69) is 12.2 Å². The van der Waals surface area contributed by atoms with Gasteiger partial charge in [-0.05, 0) is 42.9 Å². The van der Waals surface area contributed by atoms with Crippen molar-refractivity contribution in [3.05, 3.63) is 29.8 Å². The van der Waals surface area contributed by atoms with Gasteiger partial charge in [-0.3, -0.25) is 4.79 Å². The normalized spacial score (nSPS) is 15.9. The smallest absolute Gasteiger partial charge is 0.253 e. The fourth-order valence-corrected chi connectivity index (χ4v) is 3.02. The second kappa shape index (κ2) is 7.43. The number of hydrogen-bond acceptors (Lipinski definition) is 3. The van der Waals surface area contributed by atoms with Gasteiger partial charge in [0.2, 0.25) is 0 Å². The lowest BCUT2D eigenvalue weighted by atomic mass is 10.1. The predicted molar refractivity (Wildman–Crippen MR) is 83.1 cm³/mol. The molecular formula is C15H22N2OS. The quantitative estimate of drug-likeness (QED) is 0.918. The van der Waals surface area contributed by atoms with Crippen LogP contribution in [0.4, 0.5) is 5.69 Å². The molecule has 0 aliphatic carbocycles. The largest absolute Gasteiger partial charge is 0.385 e. The molecule has 19 heavy (non-hydrogen) atoms. The zero-order valence-electron chi connectivity index (χ0n) is 11.5. The Kier molecular flexibility index (Phi) is 5.58. The number of nitrogens with one attached hydrogen (secondary N) is 1. The fraction of sp³-hybridized carbons (Fsp3) is 0.533. The van der Waals surface area contributed by atoms with Crippen LogP contribution in [0.1, 0.15) is 30.1 Å². The van der Waals surface area contributed by atoms with Crippen LogP contribution < -0.4 is 5.32 Å². The van der Waals surface area contributed by atoms with Gasteiger partial charge in [0.05, 0.1) is 0 Å². The minimum Gasteiger partial charge on any atom is -0.385 e. The van der Waals surface area contributed by atoms with Gasteiger partial charge in [0.1, 0.15) is 0 Å². The molecule has 0 atom stereocenters. The minimum atomic E-state index is 0.171. The third-order valence-corrected chi connectivity index (χ3v) is 4.27. The number of hydrogen-bond donors (Lipinski definition) is 1. The number of rotatable bonds is 4. The summed E-state index contributed by atoms with van der Waals surface area (Å²) in [6.45, 7) is 4.87. The number of carbonyl (C=O) groups excluding carboxylic acids is 1. The molecule has 1 saturated heterocycles. The molecule has 2 rings (SSSR count). The maximum atomic E-state index is 12.4. The zero-order valence-corrected chi connectivity index (χ0v) is 12.3. The van der Waals surface area contributed by atoms with E-state index in [1.54, 1.807) is 0 Å². The molecule has 0 saturated carbocycles. The van der Waals surface area contributed by atoms with E-state index in [4.69, 9.17) is 0 Å². The van der Waals surface area contributed by atoms with Gasteiger partial charge in [0, 0.05) is 36.6 Å². The van der Waals surface area contributed by atoms with E-state index < -0.39 is 0 Å². The van der Waals surface area contributed by atoms with Gasteiger partial charge in [-0.25, -0.2) is 0 Å². The minimum absolute atomic E-state index is 0.171. The van der Waals surface area contributed by atoms with E-state index in [9.17, 15) is 4.79 Å². The van der Waals surface area contributed by atoms with E-state index in [1.807, 2.05) is 40.9 Å². The van der Waals surface area contributed by atoms with Crippen LogP contribution in [0.2, 0.25) is 0 Å². The van der Waals surface area contributed by atoms with E-state index >= 15 is 0 Å². The van der Waals surface area contributed by atoms with Gasteiger partial charge in [-0.15, -0.1) is 0 Å². The molecule has 0 aromatic heterocycles. The van der Waals surface area contributed by atoms with Gasteiger partial charge in [-0.1, -0.05) is 6.92 Å². The summed E-state index contributed by atoms with van der Waals surface area (Å²) < 4.78 is 0. The Labute approximate surface area is 119 Å². The summed E-state index contributed by atoms with van der Waals surface area (Å²) in [4.78, 5) is 14.4. The van der Waals surface area contributed by atoms with Crippen LogP contribution in [0.25, 0.3) is 0 Å². The third kappa shape index (κ3) is 4.16. The molecule has 0 radical (unpaired) electrons. The third-order valence-electron chi connectivity index (χ3n) is 3.22. The van der Waals surface area contributed by atoms with E-state index in [0.717, 1.165) is 49.5 Å². The first-order valence-corrected chi connectivity index (χ1v) is 8.17. The lowest BCUT2D eigenvalue weighted by Crippen LogP contribution is -2.32. The standard InChI is InChI=1S/C15H22N2OS/c1-2-8-16-14-6-4-13(5-7-14)15(18)17-9-3-11-19-12-10-17/h4-7,16H,2-3,8-12H2,1H3. The molecule has 1 aromatic rings. The van der Waals surface area contributed by atoms with E-state index in [1.165, 1.54) is 5.75 Å². The lowest BCUT2D eigenvalue weighted by molar-refractivity contribution is 0.0768. The van der Waals surface area contributed by atoms with Crippen molar-refractivity contribution < 1.29 is 4.79 Å². The first kappa shape index (κ1) is 14.3. The van der Waals surface area contributed by atoms with Crippen molar-refractivity contribution in [1.29, 1.82) is 0 Å². The second-order valence-electron chi connectivity index (χ2n) is 4.76. The summed E-state index contributed by atoms with van der Waals surface area (Å²) in [5.74, 6) is 2.40. The maximum Gasteiger partial charge on any atom is 0.253 e. The summed E-state index contributed by atoms with van der Waals surface area (Å²) in [6.07, 6.45) is 2.21. The van der Waals surface area contributed by atoms with Crippen LogP contribution in [0.15, 0.2) is 24.3 Å². The molecule has 1 amide bonds. The van der Waals surface area contributed by atoms with E-state index in [-0.39, 0.29) is 5.91 Å². The Morgan fingerprint density at radius 3 is 2.79 bits per heavy atom. The highest BCUT2D eigenvalue weighted by molar-refractivity contribution is 7.99. The van der Waals surface area contributed by atoms with Crippen molar-refractivity contribution in [1.82, 2.24) is 4.90 Å². The summed E-state index contributed by atoms with van der Waals surface area (Å²) in [5, 5.41) is 3.32. The summed E-state index contributed by atoms with van der Waals surface area (Å²) >= 11 is 1.94. The molecule has 1 aliphatic rings. The number of amides is 1. The van der Waals surface area contributed by atoms with Crippen LogP contribution in [-0.4, -0.2) is 41.9 Å². The first-order valence-electron chi connectivity index (χ1n) is 7.02. The Hall–Kier alpha value is -1.16. The second-order valence-corrected chi connectivity index (χ2v) is 5.99. The fourth-order valence-electron chi connectivity index (χ4n) is 2.13. The molecule has 3 nitrogen and oxygen atoms in total. The molecule has 104 valence electrons. The molecule has 1 N–H and O–H groups in total. The SMILES string of the molecule is CCCNc1ccc(C(=O)N2CCCSCC2)cc1. The molecule has 0 bridgehead atoms. The maximum absolute atomic E-state index is 12.4. The highest BCUT2D eigenvalue weighted by atomic mass is 32.2. The Bertz CT molecular complexity index is 397. The number of anilines is 1. The average Bonchev–Trinajstić information content (AvgIpc) is 2.74. The van der Waals surface area contributed by atoms with Crippen molar-refractivity contribution >= 4 is 23.4 Å². The number of benzene rings is 1. The van der Waals surface area contributed by atoms with Crippen LogP contribution in [-0.2, 0) is 0 Å². The molecular weight excluding hydrogens is 256 g/mol. The van der Waals surface area contributed by atoms with Crippen LogP contribution >= 0.6 is 11.8 Å². The van der Waals surface area contributed by atoms with E-state index in [0.29, 0.717) is 0 Å². The summed E-state index contributed by atoms with van der Waals surface area (Å²) in [5.41, 5.74) is 1.89. The summed E-state index contributed by atoms with van der Waals surface area (Å²) in [7, 11) is 0. The molecule has 4 heteroatoms. The average molecular weight is 278 g/mol. The molecule has 1 aliphatic heterocycles. The van der Waals surface area contributed by atoms with Gasteiger partial charge in [-0.2, -0.15) is 11.8 Å². The Balaban J connectivity index is 1.98. The van der Waals surface area contributed by atoms with Crippen molar-refractivity contribution in [2.75, 3.05) is 36.5 Å². The van der Waals surface area contributed by atoms with Crippen molar-refractivity contribution in [3.8, 4) is 0 Å². The lowest BCUT2D eigenvalue weighted by Gasteiger charge is -2.20. The van der Waals surface area contributed by atoms with Crippen molar-refractivity contribution in [2.45, 2.75) is 19.8 Å². The number of carbonyl (C=O) groups is 1. The van der Waals surface area contributed by atoms with Gasteiger partial charge in [0.25, 0.3) is 5.91 Å². The topological polar surface area (TPSA) is 32.3 Å². The van der Waals surface area contributed by atoms with Crippen molar-refractivity contribution in [3.63, 3.8) is 0 Å². The predicted octanol–water partition coefficient (Wildman–Crippen LogP) is 3.09. The molecule has 1 aromatic carbocycles. The Morgan fingerprint density at radius 1 is 1.26 bits per heavy atom. The van der Waals surface area contributed by atoms with Crippen LogP contribution in [0.5, 0.6) is 0 Å². The summed E-state index contributed by atoms with van der Waals surface area (Å²) in [6, 6.07) is 7.85. The Morgan fingerprint density at radius 2 is 2.05 bits per heavy atom. The highest BCUT2D eigenvalue weighted by Crippen LogP contribution is 2.15. The first-order chi connectivity index (χ1) is 9.31. The molecule has 1 heterocycles. The van der Waals surface area contributed by atoms with Gasteiger partial charge in [0.15, 0.2) is 0 Å². The monoisotopic (exact) mass is 278 g/mol. The van der Waals surface area contributed by atoms with Gasteiger partial charge >= 0.3 is 0 Å². The molecule has 0 unspecified atom stereocenters. The van der Waals surface area contributed by atoms with Crippen LogP contribution in [0.3, 0.4) is 0 Å².